The first-order valence-corrected chi connectivity index (χ1v) is 6.00. The molecule has 2 aliphatic rings. The molecule has 5 heteroatoms. The van der Waals surface area contributed by atoms with Crippen LogP contribution in [0.5, 0.6) is 5.75 Å². The second kappa shape index (κ2) is 4.01. The van der Waals surface area contributed by atoms with Crippen LogP contribution in [-0.4, -0.2) is 25.5 Å². The van der Waals surface area contributed by atoms with Gasteiger partial charge in [0.1, 0.15) is 0 Å². The van der Waals surface area contributed by atoms with Crippen LogP contribution >= 0.6 is 0 Å². The lowest BCUT2D eigenvalue weighted by Gasteiger charge is -2.27. The van der Waals surface area contributed by atoms with Crippen molar-refractivity contribution in [1.29, 1.82) is 0 Å². The summed E-state index contributed by atoms with van der Waals surface area (Å²) >= 11 is 0. The number of rotatable bonds is 2. The SMILES string of the molecule is CN1C(=O)COc2c(NC(=O)C3CC3)cccc21. The summed E-state index contributed by atoms with van der Waals surface area (Å²) in [6.45, 7) is 0.0137. The largest absolute Gasteiger partial charge is 0.479 e. The Morgan fingerprint density at radius 1 is 1.44 bits per heavy atom. The molecule has 5 nitrogen and oxygen atoms in total. The van der Waals surface area contributed by atoms with E-state index >= 15 is 0 Å². The van der Waals surface area contributed by atoms with Crippen molar-refractivity contribution in [1.82, 2.24) is 0 Å². The number of hydrogen-bond donors (Lipinski definition) is 1. The second-order valence-electron chi connectivity index (χ2n) is 4.66. The molecule has 0 bridgehead atoms. The van der Waals surface area contributed by atoms with Crippen LogP contribution in [0.4, 0.5) is 11.4 Å². The van der Waals surface area contributed by atoms with Crippen molar-refractivity contribution < 1.29 is 14.3 Å². The van der Waals surface area contributed by atoms with Crippen molar-refractivity contribution in [3.8, 4) is 5.75 Å². The minimum Gasteiger partial charge on any atom is -0.479 e. The van der Waals surface area contributed by atoms with Crippen LogP contribution in [0.15, 0.2) is 18.2 Å². The van der Waals surface area contributed by atoms with Gasteiger partial charge in [0.15, 0.2) is 12.4 Å². The first kappa shape index (κ1) is 11.1. The highest BCUT2D eigenvalue weighted by atomic mass is 16.5. The van der Waals surface area contributed by atoms with Gasteiger partial charge < -0.3 is 15.0 Å². The van der Waals surface area contributed by atoms with Gasteiger partial charge in [0, 0.05) is 13.0 Å². The number of para-hydroxylation sites is 1. The molecule has 1 aliphatic heterocycles. The van der Waals surface area contributed by atoms with E-state index in [0.717, 1.165) is 12.8 Å². The molecular formula is C13H14N2O3. The van der Waals surface area contributed by atoms with Crippen LogP contribution in [0.25, 0.3) is 0 Å². The molecule has 0 spiro atoms. The molecule has 1 heterocycles. The van der Waals surface area contributed by atoms with E-state index in [4.69, 9.17) is 4.74 Å². The summed E-state index contributed by atoms with van der Waals surface area (Å²) in [7, 11) is 1.70. The van der Waals surface area contributed by atoms with Gasteiger partial charge >= 0.3 is 0 Å². The van der Waals surface area contributed by atoms with Crippen molar-refractivity contribution in [2.45, 2.75) is 12.8 Å². The summed E-state index contributed by atoms with van der Waals surface area (Å²) in [5.74, 6) is 0.664. The summed E-state index contributed by atoms with van der Waals surface area (Å²) in [6, 6.07) is 5.40. The third kappa shape index (κ3) is 1.81. The quantitative estimate of drug-likeness (QED) is 0.857. The zero-order valence-electron chi connectivity index (χ0n) is 10.1. The minimum atomic E-state index is -0.0897. The second-order valence-corrected chi connectivity index (χ2v) is 4.66. The zero-order chi connectivity index (χ0) is 12.7. The Hall–Kier alpha value is -2.04. The number of carbonyl (C=O) groups is 2. The Morgan fingerprint density at radius 3 is 2.94 bits per heavy atom. The molecule has 94 valence electrons. The van der Waals surface area contributed by atoms with Crippen LogP contribution in [0.2, 0.25) is 0 Å². The standard InChI is InChI=1S/C13H14N2O3/c1-15-10-4-2-3-9(12(10)18-7-11(15)16)14-13(17)8-5-6-8/h2-4,8H,5-7H2,1H3,(H,14,17). The molecule has 1 aromatic rings. The monoisotopic (exact) mass is 246 g/mol. The van der Waals surface area contributed by atoms with Crippen molar-refractivity contribution in [2.24, 2.45) is 5.92 Å². The lowest BCUT2D eigenvalue weighted by atomic mass is 10.2. The van der Waals surface area contributed by atoms with Crippen molar-refractivity contribution in [2.75, 3.05) is 23.9 Å². The lowest BCUT2D eigenvalue weighted by Crippen LogP contribution is -2.35. The van der Waals surface area contributed by atoms with Crippen molar-refractivity contribution in [3.63, 3.8) is 0 Å². The number of hydrogen-bond acceptors (Lipinski definition) is 3. The number of nitrogens with zero attached hydrogens (tertiary/aromatic N) is 1. The van der Waals surface area contributed by atoms with Crippen LogP contribution in [0.1, 0.15) is 12.8 Å². The predicted molar refractivity (Wildman–Crippen MR) is 66.7 cm³/mol. The molecule has 1 N–H and O–H groups in total. The van der Waals surface area contributed by atoms with E-state index in [1.165, 1.54) is 0 Å². The molecule has 1 saturated carbocycles. The van der Waals surface area contributed by atoms with E-state index in [0.29, 0.717) is 17.1 Å². The highest BCUT2D eigenvalue weighted by Gasteiger charge is 2.31. The molecule has 2 amide bonds. The zero-order valence-corrected chi connectivity index (χ0v) is 10.1. The van der Waals surface area contributed by atoms with Gasteiger partial charge in [-0.1, -0.05) is 6.07 Å². The maximum Gasteiger partial charge on any atom is 0.264 e. The summed E-state index contributed by atoms with van der Waals surface area (Å²) in [4.78, 5) is 24.8. The predicted octanol–water partition coefficient (Wildman–Crippen LogP) is 1.39. The summed E-state index contributed by atoms with van der Waals surface area (Å²) in [6.07, 6.45) is 1.92. The molecule has 3 rings (SSSR count). The third-order valence-electron chi connectivity index (χ3n) is 3.28. The van der Waals surface area contributed by atoms with E-state index < -0.39 is 0 Å². The van der Waals surface area contributed by atoms with E-state index in [9.17, 15) is 9.59 Å². The maximum atomic E-state index is 11.8. The van der Waals surface area contributed by atoms with Crippen LogP contribution in [-0.2, 0) is 9.59 Å². The number of nitrogens with one attached hydrogen (secondary N) is 1. The summed E-state index contributed by atoms with van der Waals surface area (Å²) in [5, 5.41) is 2.87. The Bertz CT molecular complexity index is 523. The highest BCUT2D eigenvalue weighted by molar-refractivity contribution is 6.01. The summed E-state index contributed by atoms with van der Waals surface area (Å²) < 4.78 is 5.43. The van der Waals surface area contributed by atoms with Gasteiger partial charge in [0.2, 0.25) is 5.91 Å². The normalized spacial score (nSPS) is 18.1. The van der Waals surface area contributed by atoms with Crippen LogP contribution < -0.4 is 15.0 Å². The molecule has 0 atom stereocenters. The van der Waals surface area contributed by atoms with E-state index in [2.05, 4.69) is 5.32 Å². The number of amides is 2. The van der Waals surface area contributed by atoms with E-state index in [-0.39, 0.29) is 24.3 Å². The Morgan fingerprint density at radius 2 is 2.22 bits per heavy atom. The number of likely N-dealkylation sites (N-methyl/N-ethyl adjacent to an activating group) is 1. The number of ether oxygens (including phenoxy) is 1. The average Bonchev–Trinajstić information content (AvgIpc) is 3.18. The Balaban J connectivity index is 1.91. The molecule has 0 unspecified atom stereocenters. The van der Waals surface area contributed by atoms with Gasteiger partial charge in [-0.05, 0) is 25.0 Å². The van der Waals surface area contributed by atoms with Gasteiger partial charge in [-0.3, -0.25) is 9.59 Å². The van der Waals surface area contributed by atoms with Crippen molar-refractivity contribution in [3.05, 3.63) is 18.2 Å². The van der Waals surface area contributed by atoms with Gasteiger partial charge in [-0.2, -0.15) is 0 Å². The van der Waals surface area contributed by atoms with Crippen molar-refractivity contribution >= 4 is 23.2 Å². The molecule has 0 aromatic heterocycles. The molecule has 0 radical (unpaired) electrons. The van der Waals surface area contributed by atoms with Gasteiger partial charge in [-0.15, -0.1) is 0 Å². The molecular weight excluding hydrogens is 232 g/mol. The number of benzene rings is 1. The van der Waals surface area contributed by atoms with E-state index in [1.807, 2.05) is 0 Å². The van der Waals surface area contributed by atoms with Gasteiger partial charge in [0.05, 0.1) is 11.4 Å². The van der Waals surface area contributed by atoms with Crippen LogP contribution in [0.3, 0.4) is 0 Å². The minimum absolute atomic E-state index is 0.0137. The molecule has 18 heavy (non-hydrogen) atoms. The smallest absolute Gasteiger partial charge is 0.264 e. The number of fused-ring (bicyclic) bond motifs is 1. The third-order valence-corrected chi connectivity index (χ3v) is 3.28. The van der Waals surface area contributed by atoms with Gasteiger partial charge in [-0.25, -0.2) is 0 Å². The lowest BCUT2D eigenvalue weighted by molar-refractivity contribution is -0.121. The van der Waals surface area contributed by atoms with Crippen LogP contribution in [0, 0.1) is 5.92 Å². The average molecular weight is 246 g/mol. The molecule has 1 fully saturated rings. The fourth-order valence-corrected chi connectivity index (χ4v) is 1.98. The fourth-order valence-electron chi connectivity index (χ4n) is 1.98. The number of carbonyl (C=O) groups excluding carboxylic acids is 2. The number of anilines is 2. The van der Waals surface area contributed by atoms with Gasteiger partial charge in [0.25, 0.3) is 5.91 Å². The first-order chi connectivity index (χ1) is 8.66. The topological polar surface area (TPSA) is 58.6 Å². The molecule has 1 aromatic carbocycles. The first-order valence-electron chi connectivity index (χ1n) is 6.00. The highest BCUT2D eigenvalue weighted by Crippen LogP contribution is 2.39. The fraction of sp³-hybridized carbons (Fsp3) is 0.385. The Kier molecular flexibility index (Phi) is 2.47. The molecule has 0 saturated heterocycles. The summed E-state index contributed by atoms with van der Waals surface area (Å²) in [5.41, 5.74) is 1.34. The van der Waals surface area contributed by atoms with E-state index in [1.54, 1.807) is 30.1 Å². The molecule has 1 aliphatic carbocycles. The maximum absolute atomic E-state index is 11.8. The Labute approximate surface area is 105 Å².